The molecule has 0 aliphatic carbocycles. The van der Waals surface area contributed by atoms with E-state index in [9.17, 15) is 4.79 Å². The third-order valence-corrected chi connectivity index (χ3v) is 3.23. The Bertz CT molecular complexity index is 564. The molecular formula is C16H20N2O. The minimum Gasteiger partial charge on any atom is -0.338 e. The number of nitrogens with zero attached hydrogens (tertiary/aromatic N) is 2. The number of rotatable bonds is 5. The largest absolute Gasteiger partial charge is 0.338 e. The van der Waals surface area contributed by atoms with E-state index in [2.05, 4.69) is 37.0 Å². The number of ketones is 1. The fourth-order valence-corrected chi connectivity index (χ4v) is 2.38. The van der Waals surface area contributed by atoms with Crippen molar-refractivity contribution in [1.29, 1.82) is 0 Å². The van der Waals surface area contributed by atoms with E-state index in [1.165, 1.54) is 11.1 Å². The molecule has 1 heterocycles. The Morgan fingerprint density at radius 3 is 2.47 bits per heavy atom. The lowest BCUT2D eigenvalue weighted by Gasteiger charge is -2.05. The second-order valence-corrected chi connectivity index (χ2v) is 5.17. The second kappa shape index (κ2) is 5.83. The van der Waals surface area contributed by atoms with Crippen LogP contribution in [0, 0.1) is 13.8 Å². The molecule has 3 heteroatoms. The Balaban J connectivity index is 1.92. The van der Waals surface area contributed by atoms with Crippen LogP contribution in [0.25, 0.3) is 0 Å². The summed E-state index contributed by atoms with van der Waals surface area (Å²) in [4.78, 5) is 16.2. The van der Waals surface area contributed by atoms with Crippen LogP contribution in [0.2, 0.25) is 0 Å². The molecule has 0 saturated carbocycles. The Labute approximate surface area is 114 Å². The molecule has 0 aliphatic heterocycles. The van der Waals surface area contributed by atoms with Crippen molar-refractivity contribution in [3.05, 3.63) is 53.1 Å². The molecule has 0 saturated heterocycles. The maximum atomic E-state index is 12.0. The summed E-state index contributed by atoms with van der Waals surface area (Å²) >= 11 is 0. The van der Waals surface area contributed by atoms with E-state index in [0.29, 0.717) is 19.3 Å². The van der Waals surface area contributed by atoms with Gasteiger partial charge < -0.3 is 4.57 Å². The monoisotopic (exact) mass is 256 g/mol. The zero-order valence-electron chi connectivity index (χ0n) is 11.8. The highest BCUT2D eigenvalue weighted by atomic mass is 16.1. The molecular weight excluding hydrogens is 236 g/mol. The number of benzene rings is 1. The van der Waals surface area contributed by atoms with Crippen LogP contribution in [0.1, 0.15) is 28.9 Å². The molecule has 19 heavy (non-hydrogen) atoms. The van der Waals surface area contributed by atoms with Crippen molar-refractivity contribution in [3.63, 3.8) is 0 Å². The van der Waals surface area contributed by atoms with Gasteiger partial charge in [0.15, 0.2) is 0 Å². The van der Waals surface area contributed by atoms with Crippen molar-refractivity contribution in [2.75, 3.05) is 0 Å². The number of Topliss-reactive ketones (excluding diaryl/α,β-unsaturated/α-hetero) is 1. The fourth-order valence-electron chi connectivity index (χ4n) is 2.38. The molecule has 100 valence electrons. The molecule has 0 fully saturated rings. The minimum atomic E-state index is 0.271. The fraction of sp³-hybridized carbons (Fsp3) is 0.375. The van der Waals surface area contributed by atoms with Crippen LogP contribution >= 0.6 is 0 Å². The zero-order chi connectivity index (χ0) is 13.8. The van der Waals surface area contributed by atoms with Gasteiger partial charge in [0.1, 0.15) is 11.6 Å². The zero-order valence-corrected chi connectivity index (χ0v) is 11.8. The van der Waals surface area contributed by atoms with Crippen molar-refractivity contribution in [3.8, 4) is 0 Å². The van der Waals surface area contributed by atoms with Gasteiger partial charge in [0.05, 0.1) is 0 Å². The molecule has 2 aromatic rings. The highest BCUT2D eigenvalue weighted by Gasteiger charge is 2.07. The Morgan fingerprint density at radius 2 is 1.89 bits per heavy atom. The van der Waals surface area contributed by atoms with E-state index in [-0.39, 0.29) is 5.78 Å². The Hall–Kier alpha value is -1.90. The molecule has 0 bridgehead atoms. The van der Waals surface area contributed by atoms with Gasteiger partial charge in [-0.15, -0.1) is 0 Å². The summed E-state index contributed by atoms with van der Waals surface area (Å²) in [6, 6.07) is 6.30. The lowest BCUT2D eigenvalue weighted by Crippen LogP contribution is -2.07. The van der Waals surface area contributed by atoms with Crippen molar-refractivity contribution in [1.82, 2.24) is 9.55 Å². The standard InChI is InChI=1S/C16H20N2O/c1-12-8-13(2)10-14(9-12)11-15(19)4-5-16-17-6-7-18(16)3/h6-10H,4-5,11H2,1-3H3. The first-order valence-corrected chi connectivity index (χ1v) is 6.59. The van der Waals surface area contributed by atoms with Crippen LogP contribution in [0.15, 0.2) is 30.6 Å². The number of carbonyl (C=O) groups excluding carboxylic acids is 1. The summed E-state index contributed by atoms with van der Waals surface area (Å²) < 4.78 is 1.96. The maximum absolute atomic E-state index is 12.0. The average molecular weight is 256 g/mol. The lowest BCUT2D eigenvalue weighted by atomic mass is 10.0. The summed E-state index contributed by atoms with van der Waals surface area (Å²) in [7, 11) is 1.96. The average Bonchev–Trinajstić information content (AvgIpc) is 2.71. The summed E-state index contributed by atoms with van der Waals surface area (Å²) in [5.41, 5.74) is 3.54. The molecule has 3 nitrogen and oxygen atoms in total. The van der Waals surface area contributed by atoms with Crippen LogP contribution in [0.5, 0.6) is 0 Å². The first-order chi connectivity index (χ1) is 9.04. The van der Waals surface area contributed by atoms with Gasteiger partial charge in [0.25, 0.3) is 0 Å². The molecule has 0 aliphatic rings. The number of hydrogen-bond acceptors (Lipinski definition) is 2. The van der Waals surface area contributed by atoms with Gasteiger partial charge in [-0.05, 0) is 19.4 Å². The minimum absolute atomic E-state index is 0.271. The van der Waals surface area contributed by atoms with E-state index in [1.54, 1.807) is 6.20 Å². The molecule has 0 amide bonds. The summed E-state index contributed by atoms with van der Waals surface area (Å²) in [6.45, 7) is 4.13. The van der Waals surface area contributed by atoms with E-state index >= 15 is 0 Å². The van der Waals surface area contributed by atoms with Gasteiger partial charge in [0, 0.05) is 38.7 Å². The quantitative estimate of drug-likeness (QED) is 0.824. The first kappa shape index (κ1) is 13.5. The van der Waals surface area contributed by atoms with Crippen LogP contribution in [-0.4, -0.2) is 15.3 Å². The smallest absolute Gasteiger partial charge is 0.137 e. The molecule has 0 unspecified atom stereocenters. The third kappa shape index (κ3) is 3.78. The van der Waals surface area contributed by atoms with E-state index in [0.717, 1.165) is 11.4 Å². The lowest BCUT2D eigenvalue weighted by molar-refractivity contribution is -0.118. The molecule has 0 radical (unpaired) electrons. The highest BCUT2D eigenvalue weighted by molar-refractivity contribution is 5.81. The molecule has 0 atom stereocenters. The van der Waals surface area contributed by atoms with Gasteiger partial charge in [-0.3, -0.25) is 4.79 Å². The van der Waals surface area contributed by atoms with Crippen LogP contribution in [0.4, 0.5) is 0 Å². The highest BCUT2D eigenvalue weighted by Crippen LogP contribution is 2.11. The van der Waals surface area contributed by atoms with Crippen molar-refractivity contribution in [2.45, 2.75) is 33.1 Å². The van der Waals surface area contributed by atoms with Gasteiger partial charge in [0.2, 0.25) is 0 Å². The van der Waals surface area contributed by atoms with Crippen molar-refractivity contribution >= 4 is 5.78 Å². The molecule has 1 aromatic carbocycles. The number of imidazole rings is 1. The third-order valence-electron chi connectivity index (χ3n) is 3.23. The number of hydrogen-bond donors (Lipinski definition) is 0. The van der Waals surface area contributed by atoms with E-state index < -0.39 is 0 Å². The summed E-state index contributed by atoms with van der Waals surface area (Å²) in [5, 5.41) is 0. The van der Waals surface area contributed by atoms with Crippen molar-refractivity contribution < 1.29 is 4.79 Å². The SMILES string of the molecule is Cc1cc(C)cc(CC(=O)CCc2nccn2C)c1. The van der Waals surface area contributed by atoms with Gasteiger partial charge in [-0.1, -0.05) is 29.3 Å². The van der Waals surface area contributed by atoms with Crippen LogP contribution in [-0.2, 0) is 24.7 Å². The van der Waals surface area contributed by atoms with E-state index in [1.807, 2.05) is 17.8 Å². The summed E-state index contributed by atoms with van der Waals surface area (Å²) in [5.74, 6) is 1.24. The number of aryl methyl sites for hydroxylation is 4. The Kier molecular flexibility index (Phi) is 4.15. The summed E-state index contributed by atoms with van der Waals surface area (Å²) in [6.07, 6.45) is 5.46. The predicted molar refractivity (Wildman–Crippen MR) is 76.2 cm³/mol. The van der Waals surface area contributed by atoms with Crippen LogP contribution < -0.4 is 0 Å². The molecule has 2 rings (SSSR count). The van der Waals surface area contributed by atoms with Gasteiger partial charge in [-0.25, -0.2) is 4.98 Å². The van der Waals surface area contributed by atoms with E-state index in [4.69, 9.17) is 0 Å². The second-order valence-electron chi connectivity index (χ2n) is 5.17. The normalized spacial score (nSPS) is 10.7. The van der Waals surface area contributed by atoms with Gasteiger partial charge >= 0.3 is 0 Å². The van der Waals surface area contributed by atoms with Crippen molar-refractivity contribution in [2.24, 2.45) is 7.05 Å². The molecule has 1 aromatic heterocycles. The Morgan fingerprint density at radius 1 is 1.21 bits per heavy atom. The molecule has 0 N–H and O–H groups in total. The van der Waals surface area contributed by atoms with Gasteiger partial charge in [-0.2, -0.15) is 0 Å². The number of aromatic nitrogens is 2. The number of carbonyl (C=O) groups is 1. The maximum Gasteiger partial charge on any atom is 0.137 e. The first-order valence-electron chi connectivity index (χ1n) is 6.59. The topological polar surface area (TPSA) is 34.9 Å². The predicted octanol–water partition coefficient (Wildman–Crippen LogP) is 2.78. The molecule has 0 spiro atoms. The van der Waals surface area contributed by atoms with Crippen LogP contribution in [0.3, 0.4) is 0 Å².